The zero-order valence-electron chi connectivity index (χ0n) is 5.33. The number of carbonyl (C=O) groups is 1. The fraction of sp³-hybridized carbons (Fsp3) is 0.800. The minimum Gasteiger partial charge on any atom is -0.314 e. The van der Waals surface area contributed by atoms with Crippen molar-refractivity contribution in [2.24, 2.45) is 5.73 Å². The van der Waals surface area contributed by atoms with Crippen LogP contribution in [0.1, 0.15) is 0 Å². The number of hydrazine groups is 1. The molecule has 0 radical (unpaired) electrons. The molecule has 0 saturated carbocycles. The Hall–Kier alpha value is -0.100. The minimum atomic E-state index is -0.0681. The first kappa shape index (κ1) is 6.60. The molecule has 2 rings (SSSR count). The van der Waals surface area contributed by atoms with Crippen molar-refractivity contribution in [2.45, 2.75) is 17.5 Å². The Kier molecular flexibility index (Phi) is 1.45. The first-order chi connectivity index (χ1) is 4.79. The van der Waals surface area contributed by atoms with E-state index in [1.54, 1.807) is 11.8 Å². The third-order valence-electron chi connectivity index (χ3n) is 1.85. The lowest BCUT2D eigenvalue weighted by Crippen LogP contribution is -2.40. The van der Waals surface area contributed by atoms with Crippen molar-refractivity contribution in [1.29, 1.82) is 0 Å². The van der Waals surface area contributed by atoms with Gasteiger partial charge in [0, 0.05) is 0 Å². The average Bonchev–Trinajstić information content (AvgIpc) is 2.41. The van der Waals surface area contributed by atoms with E-state index in [1.165, 1.54) is 0 Å². The van der Waals surface area contributed by atoms with Gasteiger partial charge < -0.3 is 5.73 Å². The lowest BCUT2D eigenvalue weighted by molar-refractivity contribution is -0.117. The number of Topliss-reactive ketones (excluding diaryl/α,β-unsaturated/α-hetero) is 1. The Morgan fingerprint density at radius 1 is 1.60 bits per heavy atom. The van der Waals surface area contributed by atoms with Crippen molar-refractivity contribution >= 4 is 17.5 Å². The summed E-state index contributed by atoms with van der Waals surface area (Å²) in [5.74, 6) is 0.869. The van der Waals surface area contributed by atoms with Crippen LogP contribution in [0.5, 0.6) is 0 Å². The number of hydrogen-bond donors (Lipinski definition) is 3. The van der Waals surface area contributed by atoms with Gasteiger partial charge in [-0.2, -0.15) is 0 Å². The molecule has 2 saturated heterocycles. The first-order valence-electron chi connectivity index (χ1n) is 3.20. The Bertz CT molecular complexity index is 174. The second kappa shape index (κ2) is 2.20. The van der Waals surface area contributed by atoms with Crippen molar-refractivity contribution < 1.29 is 4.79 Å². The maximum absolute atomic E-state index is 11.0. The predicted molar refractivity (Wildman–Crippen MR) is 39.3 cm³/mol. The average molecular weight is 159 g/mol. The predicted octanol–water partition coefficient (Wildman–Crippen LogP) is -1.57. The van der Waals surface area contributed by atoms with Crippen molar-refractivity contribution in [3.63, 3.8) is 0 Å². The summed E-state index contributed by atoms with van der Waals surface area (Å²) in [7, 11) is 0. The van der Waals surface area contributed by atoms with Crippen LogP contribution in [0.3, 0.4) is 0 Å². The molecule has 3 atom stereocenters. The molecular weight excluding hydrogens is 150 g/mol. The summed E-state index contributed by atoms with van der Waals surface area (Å²) in [5.41, 5.74) is 11.3. The van der Waals surface area contributed by atoms with Gasteiger partial charge in [0.15, 0.2) is 5.78 Å². The normalized spacial score (nSPS) is 46.1. The van der Waals surface area contributed by atoms with Crippen LogP contribution in [0, 0.1) is 0 Å². The van der Waals surface area contributed by atoms with Gasteiger partial charge in [-0.05, 0) is 0 Å². The molecule has 0 aromatic carbocycles. The summed E-state index contributed by atoms with van der Waals surface area (Å²) in [6.07, 6.45) is -0.0681. The Morgan fingerprint density at radius 2 is 2.40 bits per heavy atom. The Balaban J connectivity index is 2.16. The van der Waals surface area contributed by atoms with Crippen LogP contribution in [0.4, 0.5) is 0 Å². The monoisotopic (exact) mass is 159 g/mol. The van der Waals surface area contributed by atoms with E-state index in [-0.39, 0.29) is 23.2 Å². The van der Waals surface area contributed by atoms with Crippen molar-refractivity contribution in [1.82, 2.24) is 10.9 Å². The van der Waals surface area contributed by atoms with Crippen LogP contribution in [0.25, 0.3) is 0 Å². The highest BCUT2D eigenvalue weighted by Gasteiger charge is 2.43. The van der Waals surface area contributed by atoms with Crippen LogP contribution in [0.15, 0.2) is 0 Å². The highest BCUT2D eigenvalue weighted by atomic mass is 32.2. The van der Waals surface area contributed by atoms with Gasteiger partial charge in [0.25, 0.3) is 0 Å². The number of thioether (sulfide) groups is 1. The lowest BCUT2D eigenvalue weighted by Gasteiger charge is -2.07. The fourth-order valence-corrected chi connectivity index (χ4v) is 2.51. The Morgan fingerprint density at radius 3 is 3.10 bits per heavy atom. The van der Waals surface area contributed by atoms with Crippen LogP contribution in [0.2, 0.25) is 0 Å². The molecule has 56 valence electrons. The number of carbonyl (C=O) groups excluding carboxylic acids is 1. The van der Waals surface area contributed by atoms with Gasteiger partial charge in [0.2, 0.25) is 0 Å². The molecule has 0 spiro atoms. The second-order valence-corrected chi connectivity index (χ2v) is 3.70. The largest absolute Gasteiger partial charge is 0.314 e. The molecule has 10 heavy (non-hydrogen) atoms. The molecule has 4 nitrogen and oxygen atoms in total. The summed E-state index contributed by atoms with van der Waals surface area (Å²) in [4.78, 5) is 11.0. The van der Waals surface area contributed by atoms with Crippen molar-refractivity contribution in [2.75, 3.05) is 5.75 Å². The molecule has 0 amide bonds. The van der Waals surface area contributed by atoms with E-state index in [0.717, 1.165) is 0 Å². The number of fused-ring (bicyclic) bond motifs is 1. The Labute approximate surface area is 62.9 Å². The van der Waals surface area contributed by atoms with Crippen LogP contribution >= 0.6 is 11.8 Å². The second-order valence-electron chi connectivity index (χ2n) is 2.53. The van der Waals surface area contributed by atoms with Gasteiger partial charge in [0.05, 0.1) is 23.2 Å². The molecule has 0 aliphatic carbocycles. The molecule has 0 aromatic rings. The molecule has 2 aliphatic rings. The number of ketones is 1. The van der Waals surface area contributed by atoms with E-state index >= 15 is 0 Å². The summed E-state index contributed by atoms with van der Waals surface area (Å²) < 4.78 is 0. The van der Waals surface area contributed by atoms with Crippen LogP contribution < -0.4 is 16.6 Å². The highest BCUT2D eigenvalue weighted by molar-refractivity contribution is 8.01. The van der Waals surface area contributed by atoms with Crippen LogP contribution in [-0.4, -0.2) is 29.0 Å². The molecule has 0 bridgehead atoms. The van der Waals surface area contributed by atoms with E-state index in [0.29, 0.717) is 5.75 Å². The molecule has 0 unspecified atom stereocenters. The number of nitrogens with two attached hydrogens (primary N) is 1. The smallest absolute Gasteiger partial charge is 0.162 e. The molecule has 2 aliphatic heterocycles. The minimum absolute atomic E-state index is 0.0417. The maximum atomic E-state index is 11.0. The lowest BCUT2D eigenvalue weighted by atomic mass is 10.1. The molecule has 2 heterocycles. The molecule has 2 fully saturated rings. The third kappa shape index (κ3) is 0.784. The fourth-order valence-electron chi connectivity index (χ4n) is 1.29. The van der Waals surface area contributed by atoms with Crippen molar-refractivity contribution in [3.05, 3.63) is 0 Å². The van der Waals surface area contributed by atoms with E-state index < -0.39 is 0 Å². The number of nitrogens with one attached hydrogen (secondary N) is 2. The molecule has 0 aromatic heterocycles. The summed E-state index contributed by atoms with van der Waals surface area (Å²) in [6, 6.07) is -0.0417. The SMILES string of the molecule is N[C@H]1NN[C@@H]2C(=O)CS[C@H]21. The molecule has 5 heteroatoms. The van der Waals surface area contributed by atoms with Gasteiger partial charge in [-0.25, -0.2) is 10.9 Å². The highest BCUT2D eigenvalue weighted by Crippen LogP contribution is 2.27. The van der Waals surface area contributed by atoms with Gasteiger partial charge in [0.1, 0.15) is 0 Å². The topological polar surface area (TPSA) is 67.2 Å². The third-order valence-corrected chi connectivity index (χ3v) is 3.25. The van der Waals surface area contributed by atoms with Gasteiger partial charge >= 0.3 is 0 Å². The van der Waals surface area contributed by atoms with Gasteiger partial charge in [-0.3, -0.25) is 4.79 Å². The van der Waals surface area contributed by atoms with E-state index in [9.17, 15) is 4.79 Å². The zero-order valence-corrected chi connectivity index (χ0v) is 6.15. The summed E-state index contributed by atoms with van der Waals surface area (Å²) in [6.45, 7) is 0. The van der Waals surface area contributed by atoms with Gasteiger partial charge in [-0.15, -0.1) is 11.8 Å². The summed E-state index contributed by atoms with van der Waals surface area (Å²) in [5, 5.41) is 0.243. The number of rotatable bonds is 0. The quantitative estimate of drug-likeness (QED) is 0.398. The number of hydrogen-bond acceptors (Lipinski definition) is 5. The summed E-state index contributed by atoms with van der Waals surface area (Å²) >= 11 is 1.63. The van der Waals surface area contributed by atoms with Crippen molar-refractivity contribution in [3.8, 4) is 0 Å². The molecular formula is C5H9N3OS. The molecule has 4 N–H and O–H groups in total. The van der Waals surface area contributed by atoms with E-state index in [2.05, 4.69) is 10.9 Å². The standard InChI is InChI=1S/C5H9N3OS/c6-5-4-3(7-8-5)2(9)1-10-4/h3-5,7-8H,1,6H2/t3-,4-,5+/m1/s1. The first-order valence-corrected chi connectivity index (χ1v) is 4.25. The van der Waals surface area contributed by atoms with Crippen LogP contribution in [-0.2, 0) is 4.79 Å². The zero-order chi connectivity index (χ0) is 7.14. The maximum Gasteiger partial charge on any atom is 0.162 e. The van der Waals surface area contributed by atoms with E-state index in [4.69, 9.17) is 5.73 Å². The van der Waals surface area contributed by atoms with Gasteiger partial charge in [-0.1, -0.05) is 0 Å². The van der Waals surface area contributed by atoms with E-state index in [1.807, 2.05) is 0 Å².